The number of imide groups is 1. The lowest BCUT2D eigenvalue weighted by Gasteiger charge is -2.26. The fourth-order valence-electron chi connectivity index (χ4n) is 3.89. The average molecular weight is 346 g/mol. The lowest BCUT2D eigenvalue weighted by molar-refractivity contribution is -0.384. The highest BCUT2D eigenvalue weighted by atomic mass is 16.6. The molecule has 2 saturated heterocycles. The minimum Gasteiger partial charge on any atom is -0.496 e. The maximum Gasteiger partial charge on any atom is 0.297 e. The molecule has 0 aliphatic carbocycles. The van der Waals surface area contributed by atoms with E-state index in [-0.39, 0.29) is 11.4 Å². The van der Waals surface area contributed by atoms with E-state index >= 15 is 0 Å². The Morgan fingerprint density at radius 1 is 1.40 bits per heavy atom. The lowest BCUT2D eigenvalue weighted by atomic mass is 9.77. The Morgan fingerprint density at radius 2 is 2.16 bits per heavy atom. The van der Waals surface area contributed by atoms with Gasteiger partial charge in [-0.1, -0.05) is 12.2 Å². The predicted molar refractivity (Wildman–Crippen MR) is 83.0 cm³/mol. The van der Waals surface area contributed by atoms with Gasteiger partial charge in [-0.25, -0.2) is 4.90 Å². The van der Waals surface area contributed by atoms with Gasteiger partial charge in [0, 0.05) is 0 Å². The average Bonchev–Trinajstić information content (AvgIpc) is 3.25. The van der Waals surface area contributed by atoms with Gasteiger partial charge in [0.2, 0.25) is 11.8 Å². The van der Waals surface area contributed by atoms with Crippen LogP contribution in [-0.4, -0.2) is 47.3 Å². The SMILES string of the molecule is COc1ccc(N2C(=O)[C@@H]3[C@H]4C=C[C@@](CO)(O4)[C@H]3C2=O)c([N+](=O)[O-])c1. The van der Waals surface area contributed by atoms with Crippen molar-refractivity contribution in [3.05, 3.63) is 40.5 Å². The summed E-state index contributed by atoms with van der Waals surface area (Å²) in [6, 6.07) is 3.92. The molecule has 0 aromatic heterocycles. The summed E-state index contributed by atoms with van der Waals surface area (Å²) in [5, 5.41) is 21.1. The topological polar surface area (TPSA) is 119 Å². The van der Waals surface area contributed by atoms with Crippen molar-refractivity contribution in [1.29, 1.82) is 0 Å². The summed E-state index contributed by atoms with van der Waals surface area (Å²) in [7, 11) is 1.36. The van der Waals surface area contributed by atoms with Crippen LogP contribution < -0.4 is 9.64 Å². The minimum atomic E-state index is -1.24. The van der Waals surface area contributed by atoms with Gasteiger partial charge in [-0.15, -0.1) is 0 Å². The van der Waals surface area contributed by atoms with Crippen LogP contribution in [0.25, 0.3) is 0 Å². The molecule has 2 fully saturated rings. The highest BCUT2D eigenvalue weighted by Crippen LogP contribution is 2.53. The molecule has 0 saturated carbocycles. The lowest BCUT2D eigenvalue weighted by Crippen LogP contribution is -2.43. The Hall–Kier alpha value is -2.78. The van der Waals surface area contributed by atoms with Gasteiger partial charge in [0.05, 0.1) is 42.6 Å². The van der Waals surface area contributed by atoms with E-state index in [1.807, 2.05) is 0 Å². The molecule has 1 aromatic carbocycles. The molecule has 9 nitrogen and oxygen atoms in total. The molecular formula is C16H14N2O7. The number of rotatable bonds is 4. The maximum absolute atomic E-state index is 12.9. The van der Waals surface area contributed by atoms with Gasteiger partial charge in [-0.2, -0.15) is 0 Å². The summed E-state index contributed by atoms with van der Waals surface area (Å²) in [6.07, 6.45) is 2.63. The summed E-state index contributed by atoms with van der Waals surface area (Å²) >= 11 is 0. The van der Waals surface area contributed by atoms with Gasteiger partial charge in [0.15, 0.2) is 0 Å². The normalized spacial score (nSPS) is 32.4. The minimum absolute atomic E-state index is 0.109. The maximum atomic E-state index is 12.9. The second-order valence-electron chi connectivity index (χ2n) is 6.18. The third-order valence-electron chi connectivity index (χ3n) is 5.02. The number of hydrogen-bond donors (Lipinski definition) is 1. The number of aliphatic hydroxyl groups is 1. The zero-order valence-corrected chi connectivity index (χ0v) is 13.1. The molecule has 2 bridgehead atoms. The molecular weight excluding hydrogens is 332 g/mol. The standard InChI is InChI=1S/C16H14N2O7/c1-24-8-2-3-9(10(6-8)18(22)23)17-14(20)12-11-4-5-16(7-19,25-11)13(12)15(17)21/h2-6,11-13,19H,7H2,1H3/t11-,12-,13-,16+/m1/s1. The van der Waals surface area contributed by atoms with Crippen LogP contribution in [0.4, 0.5) is 11.4 Å². The third-order valence-corrected chi connectivity index (χ3v) is 5.02. The van der Waals surface area contributed by atoms with Crippen molar-refractivity contribution in [3.8, 4) is 5.75 Å². The first-order chi connectivity index (χ1) is 11.9. The first kappa shape index (κ1) is 15.7. The van der Waals surface area contributed by atoms with E-state index in [1.54, 1.807) is 12.2 Å². The Morgan fingerprint density at radius 3 is 2.80 bits per heavy atom. The second-order valence-corrected chi connectivity index (χ2v) is 6.18. The van der Waals surface area contributed by atoms with Crippen molar-refractivity contribution in [2.24, 2.45) is 11.8 Å². The van der Waals surface area contributed by atoms with Crippen molar-refractivity contribution in [1.82, 2.24) is 0 Å². The van der Waals surface area contributed by atoms with Crippen molar-refractivity contribution >= 4 is 23.2 Å². The van der Waals surface area contributed by atoms with Crippen LogP contribution >= 0.6 is 0 Å². The third kappa shape index (κ3) is 1.90. The first-order valence-electron chi connectivity index (χ1n) is 7.62. The number of ether oxygens (including phenoxy) is 2. The molecule has 1 N–H and O–H groups in total. The predicted octanol–water partition coefficient (Wildman–Crippen LogP) is 0.409. The molecule has 0 spiro atoms. The zero-order valence-electron chi connectivity index (χ0n) is 13.1. The number of nitro benzene ring substituents is 1. The molecule has 130 valence electrons. The fraction of sp³-hybridized carbons (Fsp3) is 0.375. The van der Waals surface area contributed by atoms with E-state index in [0.29, 0.717) is 0 Å². The Labute approximate surface area is 141 Å². The van der Waals surface area contributed by atoms with Crippen LogP contribution in [0.15, 0.2) is 30.4 Å². The largest absolute Gasteiger partial charge is 0.496 e. The van der Waals surface area contributed by atoms with Gasteiger partial charge < -0.3 is 14.6 Å². The number of carbonyl (C=O) groups excluding carboxylic acids is 2. The van der Waals surface area contributed by atoms with Gasteiger partial charge in [-0.3, -0.25) is 19.7 Å². The van der Waals surface area contributed by atoms with E-state index in [4.69, 9.17) is 9.47 Å². The highest BCUT2D eigenvalue weighted by molar-refractivity contribution is 6.24. The molecule has 25 heavy (non-hydrogen) atoms. The summed E-state index contributed by atoms with van der Waals surface area (Å²) in [5.41, 5.74) is -1.75. The summed E-state index contributed by atoms with van der Waals surface area (Å²) in [4.78, 5) is 37.3. The first-order valence-corrected chi connectivity index (χ1v) is 7.62. The quantitative estimate of drug-likeness (QED) is 0.363. The number of hydrogen-bond acceptors (Lipinski definition) is 7. The number of anilines is 1. The molecule has 3 aliphatic heterocycles. The summed E-state index contributed by atoms with van der Waals surface area (Å²) in [6.45, 7) is -0.446. The summed E-state index contributed by atoms with van der Waals surface area (Å²) < 4.78 is 10.6. The number of aliphatic hydroxyl groups excluding tert-OH is 1. The van der Waals surface area contributed by atoms with Gasteiger partial charge in [0.25, 0.3) is 5.69 Å². The van der Waals surface area contributed by atoms with Crippen LogP contribution in [-0.2, 0) is 14.3 Å². The number of nitrogens with zero attached hydrogens (tertiary/aromatic N) is 2. The smallest absolute Gasteiger partial charge is 0.297 e. The molecule has 3 aliphatic rings. The molecule has 4 atom stereocenters. The molecule has 0 unspecified atom stereocenters. The van der Waals surface area contributed by atoms with Crippen LogP contribution in [0, 0.1) is 22.0 Å². The van der Waals surface area contributed by atoms with E-state index in [1.165, 1.54) is 19.2 Å². The Bertz CT molecular complexity index is 836. The van der Waals surface area contributed by atoms with Gasteiger partial charge in [0.1, 0.15) is 17.0 Å². The Balaban J connectivity index is 1.80. The van der Waals surface area contributed by atoms with Crippen molar-refractivity contribution in [3.63, 3.8) is 0 Å². The number of methoxy groups -OCH3 is 1. The second kappa shape index (κ2) is 5.11. The highest BCUT2D eigenvalue weighted by Gasteiger charge is 2.68. The molecule has 1 aromatic rings. The van der Waals surface area contributed by atoms with Crippen LogP contribution in [0.1, 0.15) is 0 Å². The van der Waals surface area contributed by atoms with E-state index < -0.39 is 52.6 Å². The number of amides is 2. The van der Waals surface area contributed by atoms with Gasteiger partial charge in [-0.05, 0) is 12.1 Å². The monoisotopic (exact) mass is 346 g/mol. The Kier molecular flexibility index (Phi) is 3.21. The molecule has 4 rings (SSSR count). The summed E-state index contributed by atoms with van der Waals surface area (Å²) in [5.74, 6) is -2.60. The van der Waals surface area contributed by atoms with Crippen molar-refractivity contribution in [2.75, 3.05) is 18.6 Å². The molecule has 9 heteroatoms. The molecule has 3 heterocycles. The number of benzene rings is 1. The number of nitro groups is 1. The van der Waals surface area contributed by atoms with Crippen molar-refractivity contribution < 1.29 is 29.1 Å². The molecule has 0 radical (unpaired) electrons. The number of fused-ring (bicyclic) bond motifs is 5. The zero-order chi connectivity index (χ0) is 17.9. The number of carbonyl (C=O) groups is 2. The van der Waals surface area contributed by atoms with E-state index in [0.717, 1.165) is 11.0 Å². The van der Waals surface area contributed by atoms with Crippen LogP contribution in [0.2, 0.25) is 0 Å². The van der Waals surface area contributed by atoms with Crippen molar-refractivity contribution in [2.45, 2.75) is 11.7 Å². The van der Waals surface area contributed by atoms with Gasteiger partial charge >= 0.3 is 0 Å². The molecule has 2 amide bonds. The van der Waals surface area contributed by atoms with E-state index in [9.17, 15) is 24.8 Å². The fourth-order valence-corrected chi connectivity index (χ4v) is 3.89. The van der Waals surface area contributed by atoms with Crippen LogP contribution in [0.3, 0.4) is 0 Å². The van der Waals surface area contributed by atoms with Crippen LogP contribution in [0.5, 0.6) is 5.75 Å². The van der Waals surface area contributed by atoms with E-state index in [2.05, 4.69) is 0 Å².